The Hall–Kier alpha value is -2.93. The molecular formula is C26H26ClFNO4-. The third-order valence-electron chi connectivity index (χ3n) is 5.28. The van der Waals surface area contributed by atoms with Crippen LogP contribution in [0.4, 0.5) is 4.39 Å². The molecule has 5 nitrogen and oxygen atoms in total. The van der Waals surface area contributed by atoms with Crippen molar-refractivity contribution < 1.29 is 24.5 Å². The second kappa shape index (κ2) is 10.8. The number of carbonyl (C=O) groups is 1. The number of carbonyl (C=O) groups excluding carboxylic acids is 1. The fourth-order valence-corrected chi connectivity index (χ4v) is 3.94. The molecule has 1 aromatic heterocycles. The maximum absolute atomic E-state index is 13.6. The van der Waals surface area contributed by atoms with Gasteiger partial charge in [0.1, 0.15) is 5.82 Å². The molecule has 0 radical (unpaired) electrons. The molecule has 2 aromatic carbocycles. The maximum atomic E-state index is 13.6. The van der Waals surface area contributed by atoms with Gasteiger partial charge in [-0.05, 0) is 47.9 Å². The zero-order valence-corrected chi connectivity index (χ0v) is 19.2. The van der Waals surface area contributed by atoms with Crippen LogP contribution in [0.15, 0.2) is 60.7 Å². The molecule has 0 aliphatic carbocycles. The molecule has 7 heteroatoms. The summed E-state index contributed by atoms with van der Waals surface area (Å²) >= 11 is 6.26. The predicted molar refractivity (Wildman–Crippen MR) is 126 cm³/mol. The summed E-state index contributed by atoms with van der Waals surface area (Å²) in [6.45, 7) is 4.08. The van der Waals surface area contributed by atoms with Crippen molar-refractivity contribution in [3.8, 4) is 22.4 Å². The average molecular weight is 471 g/mol. The molecule has 2 atom stereocenters. The fraction of sp³-hybridized carbons (Fsp3) is 0.269. The van der Waals surface area contributed by atoms with E-state index in [4.69, 9.17) is 11.6 Å². The minimum atomic E-state index is -1.38. The Morgan fingerprint density at radius 2 is 1.82 bits per heavy atom. The first kappa shape index (κ1) is 24.7. The first-order chi connectivity index (χ1) is 15.7. The lowest BCUT2D eigenvalue weighted by Gasteiger charge is -2.16. The van der Waals surface area contributed by atoms with Crippen molar-refractivity contribution in [3.05, 3.63) is 77.2 Å². The SMILES string of the molecule is CC(C)c1cc(-c2ccc(F)cc2)c(-c2cccc(Cl)c2)n1/C=C/[C@@H](O)C[C@@H](O)CC(=O)[O-]. The molecule has 0 aliphatic heterocycles. The number of hydrogen-bond acceptors (Lipinski definition) is 4. The van der Waals surface area contributed by atoms with Gasteiger partial charge in [-0.15, -0.1) is 0 Å². The molecular weight excluding hydrogens is 445 g/mol. The van der Waals surface area contributed by atoms with Crippen molar-refractivity contribution in [2.24, 2.45) is 0 Å². The Kier molecular flexibility index (Phi) is 8.08. The highest BCUT2D eigenvalue weighted by molar-refractivity contribution is 6.30. The van der Waals surface area contributed by atoms with E-state index in [0.29, 0.717) is 5.02 Å². The lowest BCUT2D eigenvalue weighted by Crippen LogP contribution is -2.29. The second-order valence-electron chi connectivity index (χ2n) is 8.25. The van der Waals surface area contributed by atoms with E-state index in [1.54, 1.807) is 24.4 Å². The molecule has 2 N–H and O–H groups in total. The van der Waals surface area contributed by atoms with Gasteiger partial charge in [0.05, 0.1) is 17.9 Å². The minimum Gasteiger partial charge on any atom is -0.550 e. The molecule has 0 bridgehead atoms. The number of hydrogen-bond donors (Lipinski definition) is 2. The predicted octanol–water partition coefficient (Wildman–Crippen LogP) is 4.46. The standard InChI is InChI=1S/C26H27ClFNO4/c1-16(2)24-15-23(17-6-8-20(28)9-7-17)26(18-4-3-5-19(27)12-18)29(24)11-10-21(30)13-22(31)14-25(32)33/h3-12,15-16,21-22,30-31H,13-14H2,1-2H3,(H,32,33)/p-1/b11-10+/t21-,22-/m1/s1. The second-order valence-corrected chi connectivity index (χ2v) is 8.68. The molecule has 33 heavy (non-hydrogen) atoms. The van der Waals surface area contributed by atoms with Gasteiger partial charge in [0.2, 0.25) is 0 Å². The van der Waals surface area contributed by atoms with Crippen LogP contribution in [0.3, 0.4) is 0 Å². The van der Waals surface area contributed by atoms with Crippen LogP contribution >= 0.6 is 11.6 Å². The van der Waals surface area contributed by atoms with Gasteiger partial charge < -0.3 is 24.7 Å². The van der Waals surface area contributed by atoms with Crippen LogP contribution in [0.1, 0.15) is 38.3 Å². The Balaban J connectivity index is 2.11. The summed E-state index contributed by atoms with van der Waals surface area (Å²) in [5, 5.41) is 31.4. The fourth-order valence-electron chi connectivity index (χ4n) is 3.75. The van der Waals surface area contributed by atoms with E-state index in [1.807, 2.05) is 42.7 Å². The third-order valence-corrected chi connectivity index (χ3v) is 5.52. The van der Waals surface area contributed by atoms with E-state index < -0.39 is 24.6 Å². The van der Waals surface area contributed by atoms with Gasteiger partial charge >= 0.3 is 0 Å². The van der Waals surface area contributed by atoms with E-state index >= 15 is 0 Å². The Bertz CT molecular complexity index is 1140. The average Bonchev–Trinajstić information content (AvgIpc) is 3.12. The number of halogens is 2. The number of nitrogens with zero attached hydrogens (tertiary/aromatic N) is 1. The quantitative estimate of drug-likeness (QED) is 0.483. The number of carboxylic acid groups (broad SMARTS) is 1. The van der Waals surface area contributed by atoms with Crippen molar-refractivity contribution in [2.45, 2.75) is 44.8 Å². The molecule has 0 aliphatic rings. The monoisotopic (exact) mass is 470 g/mol. The van der Waals surface area contributed by atoms with E-state index in [2.05, 4.69) is 0 Å². The lowest BCUT2D eigenvalue weighted by molar-refractivity contribution is -0.307. The van der Waals surface area contributed by atoms with E-state index in [-0.39, 0.29) is 18.2 Å². The zero-order chi connectivity index (χ0) is 24.1. The van der Waals surface area contributed by atoms with Crippen LogP contribution in [0, 0.1) is 5.82 Å². The number of carboxylic acids is 1. The lowest BCUT2D eigenvalue weighted by atomic mass is 10.0. The van der Waals surface area contributed by atoms with Gasteiger partial charge in [-0.3, -0.25) is 0 Å². The molecule has 174 valence electrons. The van der Waals surface area contributed by atoms with Crippen LogP contribution in [0.2, 0.25) is 5.02 Å². The molecule has 0 fully saturated rings. The summed E-state index contributed by atoms with van der Waals surface area (Å²) in [6, 6.07) is 15.6. The highest BCUT2D eigenvalue weighted by Crippen LogP contribution is 2.38. The van der Waals surface area contributed by atoms with Gasteiger partial charge in [-0.2, -0.15) is 0 Å². The number of aliphatic hydroxyl groups excluding tert-OH is 2. The maximum Gasteiger partial charge on any atom is 0.123 e. The molecule has 0 saturated heterocycles. The summed E-state index contributed by atoms with van der Waals surface area (Å²) in [5.74, 6) is -1.59. The topological polar surface area (TPSA) is 85.5 Å². The summed E-state index contributed by atoms with van der Waals surface area (Å²) in [4.78, 5) is 10.7. The van der Waals surface area contributed by atoms with Crippen LogP contribution in [-0.4, -0.2) is 33.0 Å². The first-order valence-corrected chi connectivity index (χ1v) is 11.0. The van der Waals surface area contributed by atoms with E-state index in [0.717, 1.165) is 28.1 Å². The van der Waals surface area contributed by atoms with E-state index in [1.165, 1.54) is 18.2 Å². The molecule has 0 unspecified atom stereocenters. The Labute approximate surface area is 197 Å². The van der Waals surface area contributed by atoms with Crippen LogP contribution in [0.25, 0.3) is 28.6 Å². The van der Waals surface area contributed by atoms with Crippen molar-refractivity contribution >= 4 is 23.8 Å². The molecule has 3 rings (SSSR count). The van der Waals surface area contributed by atoms with Crippen LogP contribution in [-0.2, 0) is 4.79 Å². The molecule has 0 amide bonds. The Morgan fingerprint density at radius 3 is 2.42 bits per heavy atom. The number of benzene rings is 2. The number of aliphatic carboxylic acids is 1. The first-order valence-electron chi connectivity index (χ1n) is 10.7. The van der Waals surface area contributed by atoms with Gasteiger partial charge in [0.25, 0.3) is 0 Å². The van der Waals surface area contributed by atoms with Gasteiger partial charge in [0.15, 0.2) is 0 Å². The highest BCUT2D eigenvalue weighted by atomic mass is 35.5. The normalized spacial score (nSPS) is 13.5. The van der Waals surface area contributed by atoms with Crippen molar-refractivity contribution in [1.82, 2.24) is 4.57 Å². The highest BCUT2D eigenvalue weighted by Gasteiger charge is 2.20. The van der Waals surface area contributed by atoms with E-state index in [9.17, 15) is 24.5 Å². The molecule has 1 heterocycles. The summed E-state index contributed by atoms with van der Waals surface area (Å²) in [7, 11) is 0. The summed E-state index contributed by atoms with van der Waals surface area (Å²) < 4.78 is 15.5. The van der Waals surface area contributed by atoms with Crippen LogP contribution < -0.4 is 5.11 Å². The van der Waals surface area contributed by atoms with Crippen LogP contribution in [0.5, 0.6) is 0 Å². The van der Waals surface area contributed by atoms with Gasteiger partial charge in [-0.1, -0.05) is 49.7 Å². The molecule has 0 spiro atoms. The van der Waals surface area contributed by atoms with Crippen molar-refractivity contribution in [2.75, 3.05) is 0 Å². The van der Waals surface area contributed by atoms with Crippen molar-refractivity contribution in [3.63, 3.8) is 0 Å². The summed E-state index contributed by atoms with van der Waals surface area (Å²) in [5.41, 5.74) is 4.29. The number of aliphatic hydroxyl groups is 2. The van der Waals surface area contributed by atoms with Gasteiger partial charge in [0, 0.05) is 46.9 Å². The number of rotatable bonds is 9. The number of aromatic nitrogens is 1. The smallest absolute Gasteiger partial charge is 0.123 e. The molecule has 3 aromatic rings. The third kappa shape index (κ3) is 6.32. The largest absolute Gasteiger partial charge is 0.550 e. The summed E-state index contributed by atoms with van der Waals surface area (Å²) in [6.07, 6.45) is 0.241. The van der Waals surface area contributed by atoms with Crippen molar-refractivity contribution in [1.29, 1.82) is 0 Å². The zero-order valence-electron chi connectivity index (χ0n) is 18.4. The minimum absolute atomic E-state index is 0.114. The van der Waals surface area contributed by atoms with Gasteiger partial charge in [-0.25, -0.2) is 4.39 Å². The molecule has 0 saturated carbocycles. The Morgan fingerprint density at radius 1 is 1.12 bits per heavy atom.